The minimum absolute atomic E-state index is 0.240. The number of hydrogen-bond donors (Lipinski definition) is 1. The molecule has 1 saturated heterocycles. The van der Waals surface area contributed by atoms with Crippen molar-refractivity contribution in [3.05, 3.63) is 53.1 Å². The Morgan fingerprint density at radius 1 is 0.871 bits per heavy atom. The first-order chi connectivity index (χ1) is 14.8. The van der Waals surface area contributed by atoms with Gasteiger partial charge in [-0.25, -0.2) is 0 Å². The van der Waals surface area contributed by atoms with Crippen molar-refractivity contribution in [1.29, 1.82) is 0 Å². The lowest BCUT2D eigenvalue weighted by Crippen LogP contribution is -2.33. The molecule has 2 aliphatic rings. The molecule has 4 rings (SSSR count). The smallest absolute Gasteiger partial charge is 0.122 e. The van der Waals surface area contributed by atoms with Gasteiger partial charge in [-0.1, -0.05) is 52.0 Å². The highest BCUT2D eigenvalue weighted by Crippen LogP contribution is 2.47. The van der Waals surface area contributed by atoms with Crippen LogP contribution in [0.4, 0.5) is 0 Å². The van der Waals surface area contributed by atoms with Gasteiger partial charge in [0.2, 0.25) is 0 Å². The number of aryl methyl sites for hydroxylation is 1. The molecule has 0 radical (unpaired) electrons. The van der Waals surface area contributed by atoms with Crippen molar-refractivity contribution in [1.82, 2.24) is 5.32 Å². The van der Waals surface area contributed by atoms with Crippen LogP contribution in [0.1, 0.15) is 82.9 Å². The Bertz CT molecular complexity index is 903. The van der Waals surface area contributed by atoms with E-state index in [1.807, 2.05) is 0 Å². The fourth-order valence-electron chi connectivity index (χ4n) is 5.66. The SMILES string of the molecule is COc1ccc(-c2ccc3c(c2)C(C)(C)CCC3(C)C)cc1CCC1CCCNCC1. The standard InChI is InChI=1S/C29H41NO/c1-28(2)15-16-29(3,4)26-20-23(10-12-25(26)28)22-11-13-27(31-5)24(19-22)9-8-21-7-6-17-30-18-14-21/h10-13,19-21,30H,6-9,14-18H2,1-5H3. The Kier molecular flexibility index (Phi) is 6.49. The lowest BCUT2D eigenvalue weighted by atomic mass is 9.63. The summed E-state index contributed by atoms with van der Waals surface area (Å²) in [6.45, 7) is 12.0. The van der Waals surface area contributed by atoms with Crippen LogP contribution in [0.3, 0.4) is 0 Å². The summed E-state index contributed by atoms with van der Waals surface area (Å²) in [6, 6.07) is 14.0. The number of benzene rings is 2. The van der Waals surface area contributed by atoms with Crippen LogP contribution in [-0.4, -0.2) is 20.2 Å². The molecule has 1 aliphatic carbocycles. The normalized spacial score (nSPS) is 22.4. The first kappa shape index (κ1) is 22.4. The molecule has 2 heteroatoms. The minimum Gasteiger partial charge on any atom is -0.496 e. The summed E-state index contributed by atoms with van der Waals surface area (Å²) in [5.74, 6) is 1.87. The zero-order valence-electron chi connectivity index (χ0n) is 20.3. The van der Waals surface area contributed by atoms with Gasteiger partial charge in [0, 0.05) is 0 Å². The average molecular weight is 420 g/mol. The Morgan fingerprint density at radius 2 is 1.58 bits per heavy atom. The number of methoxy groups -OCH3 is 1. The van der Waals surface area contributed by atoms with Gasteiger partial charge in [0.05, 0.1) is 7.11 Å². The van der Waals surface area contributed by atoms with Crippen LogP contribution in [0.15, 0.2) is 36.4 Å². The van der Waals surface area contributed by atoms with Crippen LogP contribution in [0.5, 0.6) is 5.75 Å². The fourth-order valence-corrected chi connectivity index (χ4v) is 5.66. The Morgan fingerprint density at radius 3 is 2.35 bits per heavy atom. The second kappa shape index (κ2) is 8.98. The van der Waals surface area contributed by atoms with Gasteiger partial charge in [-0.2, -0.15) is 0 Å². The van der Waals surface area contributed by atoms with Crippen LogP contribution >= 0.6 is 0 Å². The zero-order chi connectivity index (χ0) is 22.1. The van der Waals surface area contributed by atoms with Gasteiger partial charge in [-0.05, 0) is 115 Å². The molecular formula is C29H41NO. The summed E-state index contributed by atoms with van der Waals surface area (Å²) >= 11 is 0. The van der Waals surface area contributed by atoms with E-state index in [4.69, 9.17) is 4.74 Å². The van der Waals surface area contributed by atoms with Gasteiger partial charge in [-0.15, -0.1) is 0 Å². The quantitative estimate of drug-likeness (QED) is 0.561. The van der Waals surface area contributed by atoms with E-state index in [-0.39, 0.29) is 10.8 Å². The van der Waals surface area contributed by atoms with Crippen LogP contribution in [0, 0.1) is 5.92 Å². The molecule has 1 N–H and O–H groups in total. The lowest BCUT2D eigenvalue weighted by molar-refractivity contribution is 0.332. The maximum Gasteiger partial charge on any atom is 0.122 e. The highest BCUT2D eigenvalue weighted by atomic mass is 16.5. The van der Waals surface area contributed by atoms with Crippen LogP contribution < -0.4 is 10.1 Å². The summed E-state index contributed by atoms with van der Waals surface area (Å²) in [4.78, 5) is 0. The second-order valence-corrected chi connectivity index (χ2v) is 11.1. The number of ether oxygens (including phenoxy) is 1. The molecule has 168 valence electrons. The van der Waals surface area contributed by atoms with Crippen LogP contribution in [-0.2, 0) is 17.3 Å². The first-order valence-electron chi connectivity index (χ1n) is 12.3. The Hall–Kier alpha value is -1.80. The molecular weight excluding hydrogens is 378 g/mol. The number of nitrogens with one attached hydrogen (secondary N) is 1. The number of rotatable bonds is 5. The maximum absolute atomic E-state index is 5.74. The van der Waals surface area contributed by atoms with E-state index in [9.17, 15) is 0 Å². The Balaban J connectivity index is 1.62. The van der Waals surface area contributed by atoms with Crippen molar-refractivity contribution in [2.24, 2.45) is 5.92 Å². The van der Waals surface area contributed by atoms with Crippen LogP contribution in [0.25, 0.3) is 11.1 Å². The van der Waals surface area contributed by atoms with Gasteiger partial charge in [0.1, 0.15) is 5.75 Å². The molecule has 0 bridgehead atoms. The summed E-state index contributed by atoms with van der Waals surface area (Å²) < 4.78 is 5.74. The number of hydrogen-bond acceptors (Lipinski definition) is 2. The van der Waals surface area contributed by atoms with Crippen molar-refractivity contribution < 1.29 is 4.74 Å². The fraction of sp³-hybridized carbons (Fsp3) is 0.586. The summed E-state index contributed by atoms with van der Waals surface area (Å²) in [6.07, 6.45) is 8.83. The average Bonchev–Trinajstić information content (AvgIpc) is 3.04. The van der Waals surface area contributed by atoms with Crippen molar-refractivity contribution in [3.63, 3.8) is 0 Å². The van der Waals surface area contributed by atoms with Crippen molar-refractivity contribution in [2.75, 3.05) is 20.2 Å². The van der Waals surface area contributed by atoms with Gasteiger partial charge in [0.15, 0.2) is 0 Å². The van der Waals surface area contributed by atoms with E-state index in [1.165, 1.54) is 79.4 Å². The molecule has 2 aromatic carbocycles. The van der Waals surface area contributed by atoms with Crippen molar-refractivity contribution in [2.45, 2.75) is 83.5 Å². The third-order valence-corrected chi connectivity index (χ3v) is 7.98. The monoisotopic (exact) mass is 419 g/mol. The Labute approximate surface area is 189 Å². The highest BCUT2D eigenvalue weighted by Gasteiger charge is 2.37. The van der Waals surface area contributed by atoms with Gasteiger partial charge < -0.3 is 10.1 Å². The molecule has 1 fully saturated rings. The zero-order valence-corrected chi connectivity index (χ0v) is 20.3. The molecule has 0 spiro atoms. The molecule has 1 heterocycles. The summed E-state index contributed by atoms with van der Waals surface area (Å²) in [7, 11) is 1.80. The van der Waals surface area contributed by atoms with E-state index in [1.54, 1.807) is 7.11 Å². The topological polar surface area (TPSA) is 21.3 Å². The summed E-state index contributed by atoms with van der Waals surface area (Å²) in [5.41, 5.74) is 7.58. The predicted octanol–water partition coefficient (Wildman–Crippen LogP) is 7.03. The first-order valence-corrected chi connectivity index (χ1v) is 12.3. The molecule has 2 nitrogen and oxygen atoms in total. The van der Waals surface area contributed by atoms with Crippen molar-refractivity contribution >= 4 is 0 Å². The molecule has 1 atom stereocenters. The molecule has 0 amide bonds. The molecule has 31 heavy (non-hydrogen) atoms. The molecule has 0 aromatic heterocycles. The van der Waals surface area contributed by atoms with Crippen LogP contribution in [0.2, 0.25) is 0 Å². The number of fused-ring (bicyclic) bond motifs is 1. The lowest BCUT2D eigenvalue weighted by Gasteiger charge is -2.42. The van der Waals surface area contributed by atoms with Gasteiger partial charge in [-0.3, -0.25) is 0 Å². The maximum atomic E-state index is 5.74. The van der Waals surface area contributed by atoms with E-state index in [2.05, 4.69) is 69.4 Å². The van der Waals surface area contributed by atoms with E-state index < -0.39 is 0 Å². The third kappa shape index (κ3) is 4.85. The van der Waals surface area contributed by atoms with E-state index in [0.29, 0.717) is 0 Å². The highest BCUT2D eigenvalue weighted by molar-refractivity contribution is 5.68. The molecule has 1 unspecified atom stereocenters. The van der Waals surface area contributed by atoms with Gasteiger partial charge in [0.25, 0.3) is 0 Å². The molecule has 0 saturated carbocycles. The van der Waals surface area contributed by atoms with E-state index in [0.717, 1.165) is 18.1 Å². The third-order valence-electron chi connectivity index (χ3n) is 7.98. The predicted molar refractivity (Wildman–Crippen MR) is 132 cm³/mol. The molecule has 1 aliphatic heterocycles. The van der Waals surface area contributed by atoms with Crippen molar-refractivity contribution in [3.8, 4) is 16.9 Å². The minimum atomic E-state index is 0.240. The van der Waals surface area contributed by atoms with Gasteiger partial charge >= 0.3 is 0 Å². The summed E-state index contributed by atoms with van der Waals surface area (Å²) in [5, 5.41) is 3.54. The van der Waals surface area contributed by atoms with E-state index >= 15 is 0 Å². The molecule has 2 aromatic rings. The largest absolute Gasteiger partial charge is 0.496 e. The second-order valence-electron chi connectivity index (χ2n) is 11.1.